The fourth-order valence-electron chi connectivity index (χ4n) is 3.09. The first-order valence-corrected chi connectivity index (χ1v) is 8.33. The van der Waals surface area contributed by atoms with Crippen LogP contribution in [0.25, 0.3) is 5.70 Å². The lowest BCUT2D eigenvalue weighted by Gasteiger charge is -2.26. The molecule has 2 aromatic carbocycles. The number of aromatic nitrogens is 3. The number of para-hydroxylation sites is 1. The summed E-state index contributed by atoms with van der Waals surface area (Å²) < 4.78 is 50.8. The van der Waals surface area contributed by atoms with Gasteiger partial charge in [0, 0.05) is 11.3 Å². The minimum absolute atomic E-state index is 0.0805. The lowest BCUT2D eigenvalue weighted by atomic mass is 10.0. The van der Waals surface area contributed by atoms with Crippen LogP contribution in [0, 0.1) is 5.82 Å². The van der Waals surface area contributed by atoms with Crippen molar-refractivity contribution in [1.82, 2.24) is 14.8 Å². The molecule has 1 atom stereocenters. The van der Waals surface area contributed by atoms with Gasteiger partial charge in [0.25, 0.3) is 0 Å². The molecule has 0 amide bonds. The first-order chi connectivity index (χ1) is 13.6. The van der Waals surface area contributed by atoms with Gasteiger partial charge in [-0.25, -0.2) is 9.07 Å². The standard InChI is InChI=1S/C19H15F3N4O2/c1-27-16-4-2-3-13(17(16)28-18(21)22)15-9-14(11-5-7-12(20)8-6-11)25-19-23-10-24-26(15)19/h2-10,15,18H,1H3,(H,23,24,25)/t15-/m0/s1. The average molecular weight is 388 g/mol. The normalized spacial score (nSPS) is 15.6. The average Bonchev–Trinajstić information content (AvgIpc) is 3.16. The van der Waals surface area contributed by atoms with Crippen molar-refractivity contribution in [2.45, 2.75) is 12.7 Å². The molecule has 0 saturated carbocycles. The molecule has 9 heteroatoms. The lowest BCUT2D eigenvalue weighted by molar-refractivity contribution is -0.0520. The van der Waals surface area contributed by atoms with E-state index in [2.05, 4.69) is 15.4 Å². The SMILES string of the molecule is COc1cccc([C@@H]2C=C(c3ccc(F)cc3)Nc3ncnn32)c1OC(F)F. The molecule has 6 nitrogen and oxygen atoms in total. The van der Waals surface area contributed by atoms with Gasteiger partial charge in [0.05, 0.1) is 7.11 Å². The molecule has 1 aromatic heterocycles. The van der Waals surface area contributed by atoms with Crippen LogP contribution in [0.1, 0.15) is 17.2 Å². The predicted octanol–water partition coefficient (Wildman–Crippen LogP) is 4.08. The van der Waals surface area contributed by atoms with Gasteiger partial charge in [0.15, 0.2) is 11.5 Å². The molecule has 3 aromatic rings. The summed E-state index contributed by atoms with van der Waals surface area (Å²) in [4.78, 5) is 4.16. The maximum absolute atomic E-state index is 13.3. The summed E-state index contributed by atoms with van der Waals surface area (Å²) in [6.07, 6.45) is 3.13. The summed E-state index contributed by atoms with van der Waals surface area (Å²) in [5.41, 5.74) is 1.77. The van der Waals surface area contributed by atoms with E-state index in [0.29, 0.717) is 22.8 Å². The van der Waals surface area contributed by atoms with Gasteiger partial charge in [-0.3, -0.25) is 0 Å². The molecule has 2 heterocycles. The zero-order valence-electron chi connectivity index (χ0n) is 14.6. The number of allylic oxidation sites excluding steroid dienone is 1. The summed E-state index contributed by atoms with van der Waals surface area (Å²) >= 11 is 0. The van der Waals surface area contributed by atoms with E-state index in [1.165, 1.54) is 31.6 Å². The fourth-order valence-corrected chi connectivity index (χ4v) is 3.09. The van der Waals surface area contributed by atoms with Crippen molar-refractivity contribution in [2.24, 2.45) is 0 Å². The monoisotopic (exact) mass is 388 g/mol. The molecular formula is C19H15F3N4O2. The first kappa shape index (κ1) is 17.9. The van der Waals surface area contributed by atoms with Crippen LogP contribution in [0.2, 0.25) is 0 Å². The number of nitrogens with one attached hydrogen (secondary N) is 1. The van der Waals surface area contributed by atoms with E-state index in [9.17, 15) is 13.2 Å². The number of alkyl halides is 2. The number of rotatable bonds is 5. The molecule has 1 N–H and O–H groups in total. The second-order valence-electron chi connectivity index (χ2n) is 5.94. The largest absolute Gasteiger partial charge is 0.493 e. The zero-order valence-corrected chi connectivity index (χ0v) is 14.6. The second-order valence-corrected chi connectivity index (χ2v) is 5.94. The van der Waals surface area contributed by atoms with Crippen LogP contribution in [-0.4, -0.2) is 28.5 Å². The van der Waals surface area contributed by atoms with Gasteiger partial charge < -0.3 is 14.8 Å². The summed E-state index contributed by atoms with van der Waals surface area (Å²) in [5, 5.41) is 7.30. The Hall–Kier alpha value is -3.49. The maximum atomic E-state index is 13.3. The molecule has 4 rings (SSSR count). The Labute approximate surface area is 158 Å². The van der Waals surface area contributed by atoms with E-state index in [1.54, 1.807) is 35.0 Å². The van der Waals surface area contributed by atoms with Crippen LogP contribution in [0.5, 0.6) is 11.5 Å². The van der Waals surface area contributed by atoms with E-state index in [1.807, 2.05) is 0 Å². The van der Waals surface area contributed by atoms with Crippen LogP contribution in [-0.2, 0) is 0 Å². The smallest absolute Gasteiger partial charge is 0.387 e. The molecule has 28 heavy (non-hydrogen) atoms. The summed E-state index contributed by atoms with van der Waals surface area (Å²) in [6.45, 7) is -3.02. The fraction of sp³-hybridized carbons (Fsp3) is 0.158. The van der Waals surface area contributed by atoms with E-state index < -0.39 is 12.7 Å². The Morgan fingerprint density at radius 2 is 1.93 bits per heavy atom. The highest BCUT2D eigenvalue weighted by atomic mass is 19.3. The Balaban J connectivity index is 1.85. The van der Waals surface area contributed by atoms with Gasteiger partial charge in [-0.15, -0.1) is 0 Å². The van der Waals surface area contributed by atoms with Crippen LogP contribution in [0.4, 0.5) is 19.1 Å². The number of fused-ring (bicyclic) bond motifs is 1. The molecule has 0 saturated heterocycles. The third-order valence-corrected chi connectivity index (χ3v) is 4.32. The number of ether oxygens (including phenoxy) is 2. The van der Waals surface area contributed by atoms with Gasteiger partial charge >= 0.3 is 6.61 Å². The highest BCUT2D eigenvalue weighted by Crippen LogP contribution is 2.41. The molecule has 1 aliphatic rings. The highest BCUT2D eigenvalue weighted by molar-refractivity contribution is 5.77. The van der Waals surface area contributed by atoms with Crippen molar-refractivity contribution < 1.29 is 22.6 Å². The number of nitrogens with zero attached hydrogens (tertiary/aromatic N) is 3. The highest BCUT2D eigenvalue weighted by Gasteiger charge is 2.28. The summed E-state index contributed by atoms with van der Waals surface area (Å²) in [6, 6.07) is 10.2. The van der Waals surface area contributed by atoms with E-state index in [0.717, 1.165) is 0 Å². The van der Waals surface area contributed by atoms with Crippen molar-refractivity contribution in [2.75, 3.05) is 12.4 Å². The van der Waals surface area contributed by atoms with Crippen molar-refractivity contribution in [3.05, 3.63) is 71.8 Å². The number of anilines is 1. The van der Waals surface area contributed by atoms with Crippen molar-refractivity contribution in [1.29, 1.82) is 0 Å². The van der Waals surface area contributed by atoms with Gasteiger partial charge in [-0.2, -0.15) is 18.9 Å². The van der Waals surface area contributed by atoms with Gasteiger partial charge in [-0.05, 0) is 42.0 Å². The topological polar surface area (TPSA) is 61.2 Å². The minimum Gasteiger partial charge on any atom is -0.493 e. The second kappa shape index (κ2) is 7.26. The number of hydrogen-bond donors (Lipinski definition) is 1. The van der Waals surface area contributed by atoms with E-state index in [4.69, 9.17) is 9.47 Å². The summed E-state index contributed by atoms with van der Waals surface area (Å²) in [7, 11) is 1.38. The van der Waals surface area contributed by atoms with Crippen molar-refractivity contribution in [3.8, 4) is 11.5 Å². The van der Waals surface area contributed by atoms with Gasteiger partial charge in [0.1, 0.15) is 18.2 Å². The van der Waals surface area contributed by atoms with Crippen LogP contribution in [0.15, 0.2) is 54.9 Å². The third-order valence-electron chi connectivity index (χ3n) is 4.32. The molecule has 0 spiro atoms. The van der Waals surface area contributed by atoms with E-state index >= 15 is 0 Å². The third kappa shape index (κ3) is 3.26. The summed E-state index contributed by atoms with van der Waals surface area (Å²) in [5.74, 6) is 0.149. The van der Waals surface area contributed by atoms with Crippen molar-refractivity contribution >= 4 is 11.6 Å². The van der Waals surface area contributed by atoms with Crippen LogP contribution >= 0.6 is 0 Å². The molecule has 0 fully saturated rings. The van der Waals surface area contributed by atoms with Gasteiger partial charge in [-0.1, -0.05) is 12.1 Å². The predicted molar refractivity (Wildman–Crippen MR) is 95.8 cm³/mol. The minimum atomic E-state index is -3.02. The lowest BCUT2D eigenvalue weighted by Crippen LogP contribution is -2.21. The zero-order chi connectivity index (χ0) is 19.7. The molecule has 0 radical (unpaired) electrons. The first-order valence-electron chi connectivity index (χ1n) is 8.33. The molecule has 144 valence electrons. The van der Waals surface area contributed by atoms with Crippen LogP contribution in [0.3, 0.4) is 0 Å². The van der Waals surface area contributed by atoms with Gasteiger partial charge in [0.2, 0.25) is 5.95 Å². The number of halogens is 3. The Morgan fingerprint density at radius 3 is 2.64 bits per heavy atom. The molecule has 1 aliphatic heterocycles. The number of methoxy groups -OCH3 is 1. The molecule has 0 unspecified atom stereocenters. The Kier molecular flexibility index (Phi) is 4.64. The number of benzene rings is 2. The Morgan fingerprint density at radius 1 is 1.14 bits per heavy atom. The van der Waals surface area contributed by atoms with E-state index in [-0.39, 0.29) is 17.3 Å². The Bertz CT molecular complexity index is 1020. The van der Waals surface area contributed by atoms with Crippen LogP contribution < -0.4 is 14.8 Å². The quantitative estimate of drug-likeness (QED) is 0.714. The maximum Gasteiger partial charge on any atom is 0.387 e. The molecule has 0 bridgehead atoms. The molecule has 0 aliphatic carbocycles. The molecular weight excluding hydrogens is 373 g/mol. The van der Waals surface area contributed by atoms with Crippen molar-refractivity contribution in [3.63, 3.8) is 0 Å². The number of hydrogen-bond acceptors (Lipinski definition) is 5.